The lowest BCUT2D eigenvalue weighted by atomic mass is 10.2. The number of nitrogens with one attached hydrogen (secondary N) is 2. The fourth-order valence-corrected chi connectivity index (χ4v) is 2.18. The fourth-order valence-electron chi connectivity index (χ4n) is 1.79. The molecule has 1 aromatic heterocycles. The molecule has 0 atom stereocenters. The lowest BCUT2D eigenvalue weighted by molar-refractivity contribution is -0.120. The summed E-state index contributed by atoms with van der Waals surface area (Å²) in [5.74, 6) is 0.849. The smallest absolute Gasteiger partial charge is 0.291 e. The molecular weight excluding hydrogens is 300 g/mol. The number of amides is 2. The predicted molar refractivity (Wildman–Crippen MR) is 87.9 cm³/mol. The Bertz CT molecular complexity index is 609. The minimum Gasteiger partial charge on any atom is -0.459 e. The van der Waals surface area contributed by atoms with Crippen LogP contribution in [-0.2, 0) is 11.3 Å². The quantitative estimate of drug-likeness (QED) is 0.823. The zero-order valence-corrected chi connectivity index (χ0v) is 13.1. The molecule has 1 heterocycles. The van der Waals surface area contributed by atoms with Crippen LogP contribution in [-0.4, -0.2) is 23.8 Å². The first kappa shape index (κ1) is 16.2. The molecule has 2 aromatic rings. The first-order valence-corrected chi connectivity index (χ1v) is 8.28. The van der Waals surface area contributed by atoms with Crippen molar-refractivity contribution in [2.24, 2.45) is 0 Å². The maximum atomic E-state index is 11.8. The van der Waals surface area contributed by atoms with Gasteiger partial charge in [0, 0.05) is 24.4 Å². The Labute approximate surface area is 133 Å². The highest BCUT2D eigenvalue weighted by Crippen LogP contribution is 2.11. The number of benzene rings is 1. The molecule has 0 fully saturated rings. The maximum absolute atomic E-state index is 11.8. The van der Waals surface area contributed by atoms with Crippen LogP contribution in [0, 0.1) is 0 Å². The topological polar surface area (TPSA) is 71.3 Å². The molecule has 5 nitrogen and oxygen atoms in total. The minimum absolute atomic E-state index is 0.0459. The number of thioether (sulfide) groups is 1. The number of anilines is 1. The summed E-state index contributed by atoms with van der Waals surface area (Å²) in [6, 6.07) is 10.6. The highest BCUT2D eigenvalue weighted by Gasteiger charge is 2.08. The number of hydrogen-bond acceptors (Lipinski definition) is 4. The van der Waals surface area contributed by atoms with E-state index in [0.717, 1.165) is 11.3 Å². The lowest BCUT2D eigenvalue weighted by Gasteiger charge is -2.07. The number of hydrogen-bond donors (Lipinski definition) is 2. The van der Waals surface area contributed by atoms with Gasteiger partial charge in [-0.3, -0.25) is 9.59 Å². The van der Waals surface area contributed by atoms with E-state index in [1.54, 1.807) is 36.0 Å². The third kappa shape index (κ3) is 4.96. The van der Waals surface area contributed by atoms with Crippen LogP contribution in [0.5, 0.6) is 0 Å². The second kappa shape index (κ2) is 8.29. The van der Waals surface area contributed by atoms with Gasteiger partial charge in [0.25, 0.3) is 5.91 Å². The summed E-state index contributed by atoms with van der Waals surface area (Å²) in [6.07, 6.45) is 3.96. The SMILES string of the molecule is CSCCC(=O)NCc1ccc(NC(=O)c2ccco2)cc1. The summed E-state index contributed by atoms with van der Waals surface area (Å²) in [7, 11) is 0. The van der Waals surface area contributed by atoms with E-state index in [2.05, 4.69) is 10.6 Å². The molecule has 6 heteroatoms. The zero-order chi connectivity index (χ0) is 15.8. The van der Waals surface area contributed by atoms with Gasteiger partial charge in [0.15, 0.2) is 5.76 Å². The number of carbonyl (C=O) groups excluding carboxylic acids is 2. The molecule has 2 rings (SSSR count). The standard InChI is InChI=1S/C16H18N2O3S/c1-22-10-8-15(19)17-11-12-4-6-13(7-5-12)18-16(20)14-3-2-9-21-14/h2-7,9H,8,10-11H2,1H3,(H,17,19)(H,18,20). The first-order valence-electron chi connectivity index (χ1n) is 6.88. The molecule has 116 valence electrons. The van der Waals surface area contributed by atoms with Crippen molar-refractivity contribution in [1.82, 2.24) is 5.32 Å². The van der Waals surface area contributed by atoms with Crippen molar-refractivity contribution in [1.29, 1.82) is 0 Å². The van der Waals surface area contributed by atoms with Gasteiger partial charge in [0.05, 0.1) is 6.26 Å². The zero-order valence-electron chi connectivity index (χ0n) is 12.3. The summed E-state index contributed by atoms with van der Waals surface area (Å²) in [4.78, 5) is 23.3. The molecule has 0 unspecified atom stereocenters. The number of furan rings is 1. The van der Waals surface area contributed by atoms with E-state index in [9.17, 15) is 9.59 Å². The predicted octanol–water partition coefficient (Wildman–Crippen LogP) is 2.90. The summed E-state index contributed by atoms with van der Waals surface area (Å²) >= 11 is 1.65. The van der Waals surface area contributed by atoms with Crippen molar-refractivity contribution in [3.63, 3.8) is 0 Å². The normalized spacial score (nSPS) is 10.2. The molecule has 22 heavy (non-hydrogen) atoms. The summed E-state index contributed by atoms with van der Waals surface area (Å²) in [5, 5.41) is 5.60. The molecule has 0 aliphatic heterocycles. The van der Waals surface area contributed by atoms with Crippen molar-refractivity contribution < 1.29 is 14.0 Å². The Hall–Kier alpha value is -2.21. The van der Waals surface area contributed by atoms with Gasteiger partial charge in [-0.2, -0.15) is 11.8 Å². The third-order valence-corrected chi connectivity index (χ3v) is 3.59. The maximum Gasteiger partial charge on any atom is 0.291 e. The van der Waals surface area contributed by atoms with E-state index in [0.29, 0.717) is 18.7 Å². The minimum atomic E-state index is -0.289. The van der Waals surface area contributed by atoms with E-state index in [1.165, 1.54) is 6.26 Å². The largest absolute Gasteiger partial charge is 0.459 e. The average Bonchev–Trinajstić information content (AvgIpc) is 3.07. The molecule has 2 amide bonds. The molecule has 0 bridgehead atoms. The Morgan fingerprint density at radius 3 is 2.59 bits per heavy atom. The van der Waals surface area contributed by atoms with Gasteiger partial charge in [-0.1, -0.05) is 12.1 Å². The van der Waals surface area contributed by atoms with Gasteiger partial charge >= 0.3 is 0 Å². The average molecular weight is 318 g/mol. The number of rotatable bonds is 7. The summed E-state index contributed by atoms with van der Waals surface area (Å²) < 4.78 is 5.03. The summed E-state index contributed by atoms with van der Waals surface area (Å²) in [5.41, 5.74) is 1.66. The summed E-state index contributed by atoms with van der Waals surface area (Å²) in [6.45, 7) is 0.486. The van der Waals surface area contributed by atoms with Crippen LogP contribution in [0.15, 0.2) is 47.1 Å². The second-order valence-electron chi connectivity index (χ2n) is 4.65. The molecule has 0 saturated heterocycles. The lowest BCUT2D eigenvalue weighted by Crippen LogP contribution is -2.22. The molecule has 0 aliphatic carbocycles. The highest BCUT2D eigenvalue weighted by atomic mass is 32.2. The van der Waals surface area contributed by atoms with Crippen molar-refractivity contribution >= 4 is 29.3 Å². The van der Waals surface area contributed by atoms with Crippen LogP contribution >= 0.6 is 11.8 Å². The molecule has 2 N–H and O–H groups in total. The Morgan fingerprint density at radius 1 is 1.18 bits per heavy atom. The van der Waals surface area contributed by atoms with E-state index in [4.69, 9.17) is 4.42 Å². The second-order valence-corrected chi connectivity index (χ2v) is 5.63. The molecule has 0 spiro atoms. The first-order chi connectivity index (χ1) is 10.7. The van der Waals surface area contributed by atoms with Crippen LogP contribution < -0.4 is 10.6 Å². The van der Waals surface area contributed by atoms with Crippen LogP contribution in [0.1, 0.15) is 22.5 Å². The van der Waals surface area contributed by atoms with Crippen LogP contribution in [0.4, 0.5) is 5.69 Å². The molecule has 1 aromatic carbocycles. The molecule has 0 saturated carbocycles. The van der Waals surface area contributed by atoms with Crippen LogP contribution in [0.2, 0.25) is 0 Å². The van der Waals surface area contributed by atoms with Gasteiger partial charge in [0.1, 0.15) is 0 Å². The monoisotopic (exact) mass is 318 g/mol. The Morgan fingerprint density at radius 2 is 1.95 bits per heavy atom. The van der Waals surface area contributed by atoms with Crippen LogP contribution in [0.3, 0.4) is 0 Å². The van der Waals surface area contributed by atoms with Gasteiger partial charge in [-0.15, -0.1) is 0 Å². The van der Waals surface area contributed by atoms with E-state index < -0.39 is 0 Å². The van der Waals surface area contributed by atoms with Gasteiger partial charge < -0.3 is 15.1 Å². The van der Waals surface area contributed by atoms with E-state index in [-0.39, 0.29) is 17.6 Å². The van der Waals surface area contributed by atoms with Crippen LogP contribution in [0.25, 0.3) is 0 Å². The molecule has 0 aliphatic rings. The fraction of sp³-hybridized carbons (Fsp3) is 0.250. The van der Waals surface area contributed by atoms with Crippen molar-refractivity contribution in [2.75, 3.05) is 17.3 Å². The Balaban J connectivity index is 1.82. The Kier molecular flexibility index (Phi) is 6.09. The van der Waals surface area contributed by atoms with E-state index in [1.807, 2.05) is 18.4 Å². The van der Waals surface area contributed by atoms with Gasteiger partial charge in [-0.25, -0.2) is 0 Å². The van der Waals surface area contributed by atoms with Crippen molar-refractivity contribution in [3.05, 3.63) is 54.0 Å². The van der Waals surface area contributed by atoms with Gasteiger partial charge in [-0.05, 0) is 36.1 Å². The van der Waals surface area contributed by atoms with Crippen molar-refractivity contribution in [2.45, 2.75) is 13.0 Å². The third-order valence-electron chi connectivity index (χ3n) is 2.98. The number of carbonyl (C=O) groups is 2. The van der Waals surface area contributed by atoms with E-state index >= 15 is 0 Å². The van der Waals surface area contributed by atoms with Crippen molar-refractivity contribution in [3.8, 4) is 0 Å². The molecule has 0 radical (unpaired) electrons. The molecular formula is C16H18N2O3S. The highest BCUT2D eigenvalue weighted by molar-refractivity contribution is 7.98. The van der Waals surface area contributed by atoms with Gasteiger partial charge in [0.2, 0.25) is 5.91 Å².